The summed E-state index contributed by atoms with van der Waals surface area (Å²) >= 11 is 0. The van der Waals surface area contributed by atoms with Crippen molar-refractivity contribution < 1.29 is 19.1 Å². The van der Waals surface area contributed by atoms with Crippen LogP contribution in [0.4, 0.5) is 11.4 Å². The fourth-order valence-corrected chi connectivity index (χ4v) is 2.15. The topological polar surface area (TPSA) is 76.7 Å². The third-order valence-electron chi connectivity index (χ3n) is 3.63. The van der Waals surface area contributed by atoms with Crippen LogP contribution in [0.2, 0.25) is 0 Å². The molecule has 0 saturated heterocycles. The maximum absolute atomic E-state index is 12.1. The SMILES string of the molecule is CCC(=O)Nc1cccc(NC(=O)COc2ccc(OC)cc2)c1C. The van der Waals surface area contributed by atoms with Crippen molar-refractivity contribution in [1.29, 1.82) is 0 Å². The number of hydrogen-bond donors (Lipinski definition) is 2. The van der Waals surface area contributed by atoms with E-state index in [0.717, 1.165) is 11.3 Å². The van der Waals surface area contributed by atoms with E-state index < -0.39 is 0 Å². The van der Waals surface area contributed by atoms with E-state index in [1.54, 1.807) is 56.5 Å². The van der Waals surface area contributed by atoms with Gasteiger partial charge in [0.25, 0.3) is 5.91 Å². The number of hydrogen-bond acceptors (Lipinski definition) is 4. The number of rotatable bonds is 7. The highest BCUT2D eigenvalue weighted by Crippen LogP contribution is 2.23. The quantitative estimate of drug-likeness (QED) is 0.809. The lowest BCUT2D eigenvalue weighted by molar-refractivity contribution is -0.118. The van der Waals surface area contributed by atoms with Crippen molar-refractivity contribution in [1.82, 2.24) is 0 Å². The summed E-state index contributed by atoms with van der Waals surface area (Å²) in [5.74, 6) is 0.947. The van der Waals surface area contributed by atoms with E-state index in [9.17, 15) is 9.59 Å². The van der Waals surface area contributed by atoms with Crippen LogP contribution in [-0.2, 0) is 9.59 Å². The monoisotopic (exact) mass is 342 g/mol. The van der Waals surface area contributed by atoms with Gasteiger partial charge >= 0.3 is 0 Å². The first-order valence-electron chi connectivity index (χ1n) is 7.99. The predicted octanol–water partition coefficient (Wildman–Crippen LogP) is 3.37. The van der Waals surface area contributed by atoms with Crippen LogP contribution in [0.5, 0.6) is 11.5 Å². The molecule has 2 aromatic rings. The van der Waals surface area contributed by atoms with Gasteiger partial charge in [-0.1, -0.05) is 13.0 Å². The molecule has 0 aliphatic heterocycles. The molecule has 0 aliphatic rings. The van der Waals surface area contributed by atoms with Gasteiger partial charge in [0.1, 0.15) is 11.5 Å². The first kappa shape index (κ1) is 18.3. The van der Waals surface area contributed by atoms with Gasteiger partial charge < -0.3 is 20.1 Å². The summed E-state index contributed by atoms with van der Waals surface area (Å²) in [5.41, 5.74) is 2.11. The summed E-state index contributed by atoms with van der Waals surface area (Å²) < 4.78 is 10.5. The molecule has 0 aliphatic carbocycles. The molecule has 0 spiro atoms. The van der Waals surface area contributed by atoms with Crippen molar-refractivity contribution in [3.8, 4) is 11.5 Å². The van der Waals surface area contributed by atoms with Gasteiger partial charge in [-0.2, -0.15) is 0 Å². The second kappa shape index (κ2) is 8.73. The number of methoxy groups -OCH3 is 1. The Balaban J connectivity index is 1.95. The van der Waals surface area contributed by atoms with Gasteiger partial charge in [0.05, 0.1) is 7.11 Å². The molecule has 2 N–H and O–H groups in total. The zero-order chi connectivity index (χ0) is 18.2. The van der Waals surface area contributed by atoms with Crippen molar-refractivity contribution in [3.05, 3.63) is 48.0 Å². The largest absolute Gasteiger partial charge is 0.497 e. The van der Waals surface area contributed by atoms with Crippen molar-refractivity contribution in [2.45, 2.75) is 20.3 Å². The van der Waals surface area contributed by atoms with Crippen LogP contribution in [-0.4, -0.2) is 25.5 Å². The smallest absolute Gasteiger partial charge is 0.262 e. The average Bonchev–Trinajstić information content (AvgIpc) is 2.63. The van der Waals surface area contributed by atoms with Crippen molar-refractivity contribution in [2.75, 3.05) is 24.4 Å². The first-order chi connectivity index (χ1) is 12.0. The number of benzene rings is 2. The van der Waals surface area contributed by atoms with Gasteiger partial charge in [-0.15, -0.1) is 0 Å². The number of amides is 2. The predicted molar refractivity (Wildman–Crippen MR) is 97.2 cm³/mol. The maximum atomic E-state index is 12.1. The Labute approximate surface area is 147 Å². The standard InChI is InChI=1S/C19H22N2O4/c1-4-18(22)20-16-6-5-7-17(13(16)2)21-19(23)12-25-15-10-8-14(24-3)9-11-15/h5-11H,4,12H2,1-3H3,(H,20,22)(H,21,23). The summed E-state index contributed by atoms with van der Waals surface area (Å²) in [5, 5.41) is 5.60. The lowest BCUT2D eigenvalue weighted by atomic mass is 10.1. The van der Waals surface area contributed by atoms with Crippen LogP contribution >= 0.6 is 0 Å². The molecule has 0 aromatic heterocycles. The fraction of sp³-hybridized carbons (Fsp3) is 0.263. The van der Waals surface area contributed by atoms with Gasteiger partial charge in [0.2, 0.25) is 5.91 Å². The number of carbonyl (C=O) groups excluding carboxylic acids is 2. The highest BCUT2D eigenvalue weighted by atomic mass is 16.5. The minimum absolute atomic E-state index is 0.0746. The minimum Gasteiger partial charge on any atom is -0.497 e. The molecule has 6 heteroatoms. The van der Waals surface area contributed by atoms with Crippen molar-refractivity contribution >= 4 is 23.2 Å². The molecule has 2 amide bonds. The zero-order valence-electron chi connectivity index (χ0n) is 14.6. The molecule has 0 fully saturated rings. The highest BCUT2D eigenvalue weighted by molar-refractivity contribution is 5.96. The van der Waals surface area contributed by atoms with Gasteiger partial charge in [-0.3, -0.25) is 9.59 Å². The molecule has 0 atom stereocenters. The van der Waals surface area contributed by atoms with E-state index in [-0.39, 0.29) is 18.4 Å². The van der Waals surface area contributed by atoms with E-state index in [1.165, 1.54) is 0 Å². The summed E-state index contributed by atoms with van der Waals surface area (Å²) in [6, 6.07) is 12.3. The summed E-state index contributed by atoms with van der Waals surface area (Å²) in [4.78, 5) is 23.6. The molecule has 2 aromatic carbocycles. The number of ether oxygens (including phenoxy) is 2. The van der Waals surface area contributed by atoms with Gasteiger partial charge in [-0.25, -0.2) is 0 Å². The zero-order valence-corrected chi connectivity index (χ0v) is 14.6. The minimum atomic E-state index is -0.280. The molecule has 0 radical (unpaired) electrons. The van der Waals surface area contributed by atoms with Gasteiger partial charge in [-0.05, 0) is 48.9 Å². The number of anilines is 2. The molecule has 6 nitrogen and oxygen atoms in total. The Bertz CT molecular complexity index is 742. The molecule has 0 bridgehead atoms. The summed E-state index contributed by atoms with van der Waals surface area (Å²) in [6.45, 7) is 3.51. The molecular weight excluding hydrogens is 320 g/mol. The molecule has 0 saturated carbocycles. The van der Waals surface area contributed by atoms with E-state index in [0.29, 0.717) is 23.5 Å². The van der Waals surface area contributed by atoms with Gasteiger partial charge in [0, 0.05) is 17.8 Å². The summed E-state index contributed by atoms with van der Waals surface area (Å²) in [7, 11) is 1.59. The Kier molecular flexibility index (Phi) is 6.39. The van der Waals surface area contributed by atoms with E-state index in [4.69, 9.17) is 9.47 Å². The van der Waals surface area contributed by atoms with E-state index in [2.05, 4.69) is 10.6 Å². The third kappa shape index (κ3) is 5.24. The van der Waals surface area contributed by atoms with Crippen LogP contribution in [0.1, 0.15) is 18.9 Å². The molecule has 2 rings (SSSR count). The van der Waals surface area contributed by atoms with Crippen LogP contribution in [0.15, 0.2) is 42.5 Å². The second-order valence-electron chi connectivity index (χ2n) is 5.39. The molecular formula is C19H22N2O4. The molecule has 132 valence electrons. The Hall–Kier alpha value is -3.02. The number of carbonyl (C=O) groups is 2. The summed E-state index contributed by atoms with van der Waals surface area (Å²) in [6.07, 6.45) is 0.395. The normalized spacial score (nSPS) is 10.0. The second-order valence-corrected chi connectivity index (χ2v) is 5.39. The van der Waals surface area contributed by atoms with Crippen LogP contribution in [0, 0.1) is 6.92 Å². The highest BCUT2D eigenvalue weighted by Gasteiger charge is 2.10. The Morgan fingerprint density at radius 3 is 2.04 bits per heavy atom. The lowest BCUT2D eigenvalue weighted by Crippen LogP contribution is -2.21. The first-order valence-corrected chi connectivity index (χ1v) is 7.99. The van der Waals surface area contributed by atoms with Crippen LogP contribution in [0.3, 0.4) is 0 Å². The lowest BCUT2D eigenvalue weighted by Gasteiger charge is -2.13. The fourth-order valence-electron chi connectivity index (χ4n) is 2.15. The Morgan fingerprint density at radius 2 is 1.48 bits per heavy atom. The van der Waals surface area contributed by atoms with Crippen LogP contribution < -0.4 is 20.1 Å². The van der Waals surface area contributed by atoms with E-state index in [1.807, 2.05) is 6.92 Å². The van der Waals surface area contributed by atoms with Crippen molar-refractivity contribution in [2.24, 2.45) is 0 Å². The molecule has 25 heavy (non-hydrogen) atoms. The molecule has 0 heterocycles. The van der Waals surface area contributed by atoms with E-state index >= 15 is 0 Å². The van der Waals surface area contributed by atoms with Crippen LogP contribution in [0.25, 0.3) is 0 Å². The average molecular weight is 342 g/mol. The van der Waals surface area contributed by atoms with Gasteiger partial charge in [0.15, 0.2) is 6.61 Å². The Morgan fingerprint density at radius 1 is 0.920 bits per heavy atom. The maximum Gasteiger partial charge on any atom is 0.262 e. The number of nitrogens with one attached hydrogen (secondary N) is 2. The van der Waals surface area contributed by atoms with Crippen molar-refractivity contribution in [3.63, 3.8) is 0 Å². The molecule has 0 unspecified atom stereocenters. The third-order valence-corrected chi connectivity index (χ3v) is 3.63.